The second-order valence-corrected chi connectivity index (χ2v) is 4.71. The molecular weight excluding hydrogens is 188 g/mol. The Labute approximate surface area is 95.3 Å². The van der Waals surface area contributed by atoms with Gasteiger partial charge in [-0.3, -0.25) is 0 Å². The SMILES string of the molecule is CCC(C)COCC(C)COC(C)CC. The molecule has 0 aromatic heterocycles. The largest absolute Gasteiger partial charge is 0.381 e. The van der Waals surface area contributed by atoms with Gasteiger partial charge < -0.3 is 9.47 Å². The van der Waals surface area contributed by atoms with Crippen LogP contribution < -0.4 is 0 Å². The number of rotatable bonds is 9. The summed E-state index contributed by atoms with van der Waals surface area (Å²) in [6, 6.07) is 0. The van der Waals surface area contributed by atoms with Crippen LogP contribution in [0.3, 0.4) is 0 Å². The van der Waals surface area contributed by atoms with Gasteiger partial charge >= 0.3 is 0 Å². The van der Waals surface area contributed by atoms with Gasteiger partial charge in [0.2, 0.25) is 0 Å². The van der Waals surface area contributed by atoms with Crippen LogP contribution in [-0.4, -0.2) is 25.9 Å². The second-order valence-electron chi connectivity index (χ2n) is 4.71. The number of hydrogen-bond donors (Lipinski definition) is 0. The lowest BCUT2D eigenvalue weighted by atomic mass is 10.1. The molecule has 0 heterocycles. The zero-order chi connectivity index (χ0) is 11.7. The van der Waals surface area contributed by atoms with Crippen LogP contribution in [0.25, 0.3) is 0 Å². The molecule has 2 heteroatoms. The Morgan fingerprint density at radius 1 is 0.800 bits per heavy atom. The summed E-state index contributed by atoms with van der Waals surface area (Å²) < 4.78 is 11.3. The van der Waals surface area contributed by atoms with Crippen LogP contribution >= 0.6 is 0 Å². The summed E-state index contributed by atoms with van der Waals surface area (Å²) in [6.07, 6.45) is 2.65. The molecule has 0 aromatic rings. The predicted molar refractivity (Wildman–Crippen MR) is 65.1 cm³/mol. The van der Waals surface area contributed by atoms with E-state index < -0.39 is 0 Å². The van der Waals surface area contributed by atoms with Crippen molar-refractivity contribution >= 4 is 0 Å². The van der Waals surface area contributed by atoms with E-state index in [0.29, 0.717) is 17.9 Å². The van der Waals surface area contributed by atoms with Gasteiger partial charge in [-0.05, 0) is 19.3 Å². The van der Waals surface area contributed by atoms with E-state index in [0.717, 1.165) is 26.2 Å². The van der Waals surface area contributed by atoms with Crippen LogP contribution in [0.5, 0.6) is 0 Å². The van der Waals surface area contributed by atoms with E-state index in [9.17, 15) is 0 Å². The van der Waals surface area contributed by atoms with Gasteiger partial charge in [-0.15, -0.1) is 0 Å². The fourth-order valence-corrected chi connectivity index (χ4v) is 1.08. The minimum atomic E-state index is 0.377. The molecule has 0 aromatic carbocycles. The summed E-state index contributed by atoms with van der Waals surface area (Å²) in [7, 11) is 0. The summed E-state index contributed by atoms with van der Waals surface area (Å²) >= 11 is 0. The highest BCUT2D eigenvalue weighted by Gasteiger charge is 2.06. The molecule has 0 bridgehead atoms. The summed E-state index contributed by atoms with van der Waals surface area (Å²) in [5.41, 5.74) is 0. The van der Waals surface area contributed by atoms with E-state index in [1.54, 1.807) is 0 Å². The molecule has 92 valence electrons. The van der Waals surface area contributed by atoms with Crippen LogP contribution in [0, 0.1) is 11.8 Å². The van der Waals surface area contributed by atoms with Crippen molar-refractivity contribution in [3.05, 3.63) is 0 Å². The van der Waals surface area contributed by atoms with Gasteiger partial charge in [-0.2, -0.15) is 0 Å². The van der Waals surface area contributed by atoms with Crippen molar-refractivity contribution in [3.63, 3.8) is 0 Å². The van der Waals surface area contributed by atoms with E-state index in [-0.39, 0.29) is 0 Å². The molecule has 3 unspecified atom stereocenters. The Kier molecular flexibility index (Phi) is 9.12. The Morgan fingerprint density at radius 3 is 1.93 bits per heavy atom. The van der Waals surface area contributed by atoms with Crippen LogP contribution in [0.1, 0.15) is 47.5 Å². The normalized spacial score (nSPS) is 17.4. The standard InChI is InChI=1S/C13H28O2/c1-6-11(3)8-14-9-12(4)10-15-13(5)7-2/h11-13H,6-10H2,1-5H3. The Bertz CT molecular complexity index is 136. The van der Waals surface area contributed by atoms with Gasteiger partial charge in [0.05, 0.1) is 19.3 Å². The molecule has 0 rings (SSSR count). The van der Waals surface area contributed by atoms with E-state index in [2.05, 4.69) is 34.6 Å². The summed E-state index contributed by atoms with van der Waals surface area (Å²) in [4.78, 5) is 0. The molecule has 0 saturated heterocycles. The molecular formula is C13H28O2. The first kappa shape index (κ1) is 14.9. The highest BCUT2D eigenvalue weighted by Crippen LogP contribution is 2.05. The van der Waals surface area contributed by atoms with E-state index >= 15 is 0 Å². The molecule has 0 aliphatic rings. The predicted octanol–water partition coefficient (Wildman–Crippen LogP) is 3.50. The van der Waals surface area contributed by atoms with Crippen LogP contribution in [0.15, 0.2) is 0 Å². The highest BCUT2D eigenvalue weighted by molar-refractivity contribution is 4.53. The summed E-state index contributed by atoms with van der Waals surface area (Å²) in [6.45, 7) is 13.4. The fraction of sp³-hybridized carbons (Fsp3) is 1.00. The third-order valence-corrected chi connectivity index (χ3v) is 2.74. The lowest BCUT2D eigenvalue weighted by molar-refractivity contribution is 0.00545. The maximum Gasteiger partial charge on any atom is 0.0544 e. The molecule has 0 radical (unpaired) electrons. The Hall–Kier alpha value is -0.0800. The van der Waals surface area contributed by atoms with Crippen molar-refractivity contribution in [2.75, 3.05) is 19.8 Å². The molecule has 0 fully saturated rings. The smallest absolute Gasteiger partial charge is 0.0544 e. The number of hydrogen-bond acceptors (Lipinski definition) is 2. The first-order chi connectivity index (χ1) is 7.10. The van der Waals surface area contributed by atoms with Gasteiger partial charge in [0.1, 0.15) is 0 Å². The van der Waals surface area contributed by atoms with E-state index in [4.69, 9.17) is 9.47 Å². The average Bonchev–Trinajstić information content (AvgIpc) is 2.25. The lowest BCUT2D eigenvalue weighted by Crippen LogP contribution is -2.18. The molecule has 2 nitrogen and oxygen atoms in total. The van der Waals surface area contributed by atoms with Crippen LogP contribution in [0.4, 0.5) is 0 Å². The molecule has 0 aliphatic carbocycles. The van der Waals surface area contributed by atoms with Gasteiger partial charge in [-0.1, -0.05) is 34.1 Å². The first-order valence-electron chi connectivity index (χ1n) is 6.29. The zero-order valence-electron chi connectivity index (χ0n) is 11.1. The van der Waals surface area contributed by atoms with Crippen molar-refractivity contribution in [1.29, 1.82) is 0 Å². The van der Waals surface area contributed by atoms with Crippen molar-refractivity contribution in [2.45, 2.75) is 53.6 Å². The third-order valence-electron chi connectivity index (χ3n) is 2.74. The lowest BCUT2D eigenvalue weighted by Gasteiger charge is -2.17. The molecule has 0 saturated carbocycles. The van der Waals surface area contributed by atoms with Crippen LogP contribution in [0.2, 0.25) is 0 Å². The average molecular weight is 216 g/mol. The molecule has 0 aliphatic heterocycles. The van der Waals surface area contributed by atoms with Crippen LogP contribution in [-0.2, 0) is 9.47 Å². The Morgan fingerprint density at radius 2 is 1.40 bits per heavy atom. The second kappa shape index (κ2) is 9.17. The summed E-state index contributed by atoms with van der Waals surface area (Å²) in [5, 5.41) is 0. The fourth-order valence-electron chi connectivity index (χ4n) is 1.08. The quantitative estimate of drug-likeness (QED) is 0.587. The van der Waals surface area contributed by atoms with Crippen molar-refractivity contribution < 1.29 is 9.47 Å². The molecule has 15 heavy (non-hydrogen) atoms. The third kappa shape index (κ3) is 8.88. The van der Waals surface area contributed by atoms with Gasteiger partial charge in [0.15, 0.2) is 0 Å². The molecule has 0 spiro atoms. The van der Waals surface area contributed by atoms with E-state index in [1.165, 1.54) is 6.42 Å². The minimum Gasteiger partial charge on any atom is -0.381 e. The van der Waals surface area contributed by atoms with Crippen molar-refractivity contribution in [2.24, 2.45) is 11.8 Å². The maximum absolute atomic E-state index is 5.66. The van der Waals surface area contributed by atoms with Gasteiger partial charge in [-0.25, -0.2) is 0 Å². The Balaban J connectivity index is 3.37. The zero-order valence-corrected chi connectivity index (χ0v) is 11.1. The monoisotopic (exact) mass is 216 g/mol. The maximum atomic E-state index is 5.66. The molecule has 3 atom stereocenters. The topological polar surface area (TPSA) is 18.5 Å². The first-order valence-corrected chi connectivity index (χ1v) is 6.29. The minimum absolute atomic E-state index is 0.377. The molecule has 0 amide bonds. The van der Waals surface area contributed by atoms with Gasteiger partial charge in [0, 0.05) is 12.5 Å². The highest BCUT2D eigenvalue weighted by atomic mass is 16.5. The number of ether oxygens (including phenoxy) is 2. The summed E-state index contributed by atoms with van der Waals surface area (Å²) in [5.74, 6) is 1.18. The molecule has 0 N–H and O–H groups in total. The van der Waals surface area contributed by atoms with E-state index in [1.807, 2.05) is 0 Å². The van der Waals surface area contributed by atoms with Crippen molar-refractivity contribution in [3.8, 4) is 0 Å². The van der Waals surface area contributed by atoms with Crippen molar-refractivity contribution in [1.82, 2.24) is 0 Å². The van der Waals surface area contributed by atoms with Gasteiger partial charge in [0.25, 0.3) is 0 Å².